The molecule has 72 valence electrons. The van der Waals surface area contributed by atoms with Gasteiger partial charge in [-0.25, -0.2) is 18.2 Å². The molecule has 0 spiro atoms. The quantitative estimate of drug-likeness (QED) is 0.811. The van der Waals surface area contributed by atoms with Crippen molar-refractivity contribution >= 4 is 15.9 Å². The molecule has 6 heteroatoms. The lowest BCUT2D eigenvalue weighted by molar-refractivity contribution is 0.143. The number of hydrogen-bond acceptors (Lipinski definition) is 2. The molecule has 0 saturated carbocycles. The molecular weight excluding hydrogens is 251 g/mol. The van der Waals surface area contributed by atoms with E-state index in [2.05, 4.69) is 25.7 Å². The van der Waals surface area contributed by atoms with E-state index in [4.69, 9.17) is 0 Å². The Balaban J connectivity index is 3.22. The van der Waals surface area contributed by atoms with Crippen molar-refractivity contribution in [2.24, 2.45) is 0 Å². The fourth-order valence-electron chi connectivity index (χ4n) is 0.759. The maximum absolute atomic E-state index is 12.8. The van der Waals surface area contributed by atoms with Gasteiger partial charge in [-0.05, 0) is 22.0 Å². The van der Waals surface area contributed by atoms with E-state index in [1.54, 1.807) is 0 Å². The van der Waals surface area contributed by atoms with E-state index in [0.717, 1.165) is 13.2 Å². The summed E-state index contributed by atoms with van der Waals surface area (Å²) in [5.74, 6) is -1.21. The monoisotopic (exact) mass is 255 g/mol. The highest BCUT2D eigenvalue weighted by Gasteiger charge is 2.17. The number of aromatic nitrogens is 1. The predicted molar refractivity (Wildman–Crippen MR) is 43.4 cm³/mol. The summed E-state index contributed by atoms with van der Waals surface area (Å²) in [4.78, 5) is 3.30. The first-order chi connectivity index (χ1) is 6.06. The molecule has 1 rings (SSSR count). The van der Waals surface area contributed by atoms with Gasteiger partial charge in [0.15, 0.2) is 5.82 Å². The zero-order chi connectivity index (χ0) is 10.0. The highest BCUT2D eigenvalue weighted by atomic mass is 79.9. The molecular formula is C7H5BrF3NO. The summed E-state index contributed by atoms with van der Waals surface area (Å²) in [5.41, 5.74) is -0.529. The molecule has 2 nitrogen and oxygen atoms in total. The van der Waals surface area contributed by atoms with Gasteiger partial charge in [-0.3, -0.25) is 0 Å². The third kappa shape index (κ3) is 2.12. The van der Waals surface area contributed by atoms with Crippen LogP contribution < -0.4 is 4.74 Å². The van der Waals surface area contributed by atoms with E-state index in [1.807, 2.05) is 0 Å². The summed E-state index contributed by atoms with van der Waals surface area (Å²) in [5, 5.41) is 0. The van der Waals surface area contributed by atoms with E-state index >= 15 is 0 Å². The molecule has 0 bridgehead atoms. The van der Waals surface area contributed by atoms with Crippen molar-refractivity contribution in [3.05, 3.63) is 22.1 Å². The van der Waals surface area contributed by atoms with Crippen LogP contribution in [0.15, 0.2) is 10.5 Å². The maximum atomic E-state index is 12.8. The van der Waals surface area contributed by atoms with Gasteiger partial charge in [-0.15, -0.1) is 0 Å². The molecule has 0 aromatic carbocycles. The zero-order valence-corrected chi connectivity index (χ0v) is 8.11. The van der Waals surface area contributed by atoms with Crippen molar-refractivity contribution in [1.29, 1.82) is 0 Å². The van der Waals surface area contributed by atoms with Crippen molar-refractivity contribution in [1.82, 2.24) is 4.98 Å². The molecule has 0 aliphatic carbocycles. The van der Waals surface area contributed by atoms with Crippen LogP contribution in [0.1, 0.15) is 12.1 Å². The molecule has 1 aromatic rings. The summed E-state index contributed by atoms with van der Waals surface area (Å²) in [6.45, 7) is 0. The van der Waals surface area contributed by atoms with Crippen LogP contribution in [0.25, 0.3) is 0 Å². The minimum atomic E-state index is -2.76. The van der Waals surface area contributed by atoms with Crippen molar-refractivity contribution in [3.63, 3.8) is 0 Å². The number of halogens is 4. The number of alkyl halides is 2. The number of nitrogens with zero attached hydrogens (tertiary/aromatic N) is 1. The first kappa shape index (κ1) is 10.3. The lowest BCUT2D eigenvalue weighted by Gasteiger charge is -2.05. The fraction of sp³-hybridized carbons (Fsp3) is 0.286. The summed E-state index contributed by atoms with van der Waals surface area (Å²) in [6.07, 6.45) is -2.76. The molecule has 0 unspecified atom stereocenters. The van der Waals surface area contributed by atoms with Crippen LogP contribution in [0.4, 0.5) is 13.2 Å². The van der Waals surface area contributed by atoms with Crippen molar-refractivity contribution in [2.75, 3.05) is 7.11 Å². The summed E-state index contributed by atoms with van der Waals surface area (Å²) in [7, 11) is 1.16. The Morgan fingerprint density at radius 3 is 2.62 bits per heavy atom. The molecule has 0 atom stereocenters. The SMILES string of the molecule is COc1nc(C(F)F)c(Br)cc1F. The summed E-state index contributed by atoms with van der Waals surface area (Å²) < 4.78 is 41.6. The fourth-order valence-corrected chi connectivity index (χ4v) is 1.22. The van der Waals surface area contributed by atoms with Gasteiger partial charge in [0.25, 0.3) is 12.3 Å². The molecule has 13 heavy (non-hydrogen) atoms. The summed E-state index contributed by atoms with van der Waals surface area (Å²) >= 11 is 2.77. The van der Waals surface area contributed by atoms with E-state index in [-0.39, 0.29) is 4.47 Å². The molecule has 0 aliphatic heterocycles. The standard InChI is InChI=1S/C7H5BrF3NO/c1-13-7-4(9)2-3(8)5(12-7)6(10)11/h2,6H,1H3. The lowest BCUT2D eigenvalue weighted by Crippen LogP contribution is -1.98. The Hall–Kier alpha value is -0.780. The van der Waals surface area contributed by atoms with E-state index < -0.39 is 23.8 Å². The van der Waals surface area contributed by atoms with Crippen LogP contribution in [0.3, 0.4) is 0 Å². The van der Waals surface area contributed by atoms with Crippen LogP contribution in [0.2, 0.25) is 0 Å². The molecule has 0 saturated heterocycles. The Labute approximate surface area is 80.9 Å². The predicted octanol–water partition coefficient (Wildman–Crippen LogP) is 2.93. The van der Waals surface area contributed by atoms with Crippen molar-refractivity contribution in [2.45, 2.75) is 6.43 Å². The lowest BCUT2D eigenvalue weighted by atomic mass is 10.3. The van der Waals surface area contributed by atoms with Gasteiger partial charge in [-0.1, -0.05) is 0 Å². The summed E-state index contributed by atoms with van der Waals surface area (Å²) in [6, 6.07) is 0.896. The highest BCUT2D eigenvalue weighted by Crippen LogP contribution is 2.29. The van der Waals surface area contributed by atoms with Crippen LogP contribution >= 0.6 is 15.9 Å². The number of pyridine rings is 1. The molecule has 0 aliphatic rings. The van der Waals surface area contributed by atoms with Crippen LogP contribution in [0, 0.1) is 5.82 Å². The molecule has 0 fully saturated rings. The van der Waals surface area contributed by atoms with Crippen molar-refractivity contribution < 1.29 is 17.9 Å². The molecule has 1 heterocycles. The van der Waals surface area contributed by atoms with Crippen LogP contribution in [-0.4, -0.2) is 12.1 Å². The Morgan fingerprint density at radius 2 is 2.15 bits per heavy atom. The van der Waals surface area contributed by atoms with Gasteiger partial charge < -0.3 is 4.74 Å². The second-order valence-corrected chi connectivity index (χ2v) is 3.00. The van der Waals surface area contributed by atoms with E-state index in [9.17, 15) is 13.2 Å². The average Bonchev–Trinajstić information content (AvgIpc) is 2.03. The van der Waals surface area contributed by atoms with Gasteiger partial charge in [0.2, 0.25) is 0 Å². The van der Waals surface area contributed by atoms with Gasteiger partial charge in [-0.2, -0.15) is 0 Å². The normalized spacial score (nSPS) is 10.6. The average molecular weight is 256 g/mol. The maximum Gasteiger partial charge on any atom is 0.281 e. The Morgan fingerprint density at radius 1 is 1.54 bits per heavy atom. The smallest absolute Gasteiger partial charge is 0.281 e. The van der Waals surface area contributed by atoms with Gasteiger partial charge in [0.1, 0.15) is 5.69 Å². The highest BCUT2D eigenvalue weighted by molar-refractivity contribution is 9.10. The largest absolute Gasteiger partial charge is 0.479 e. The van der Waals surface area contributed by atoms with E-state index in [1.165, 1.54) is 0 Å². The number of ether oxygens (including phenoxy) is 1. The third-order valence-electron chi connectivity index (χ3n) is 1.32. The number of rotatable bonds is 2. The second-order valence-electron chi connectivity index (χ2n) is 2.15. The molecule has 1 aromatic heterocycles. The molecule has 0 radical (unpaired) electrons. The Kier molecular flexibility index (Phi) is 3.13. The third-order valence-corrected chi connectivity index (χ3v) is 1.96. The van der Waals surface area contributed by atoms with Gasteiger partial charge in [0.05, 0.1) is 7.11 Å². The molecule has 0 amide bonds. The number of methoxy groups -OCH3 is 1. The van der Waals surface area contributed by atoms with Gasteiger partial charge in [0, 0.05) is 4.47 Å². The molecule has 0 N–H and O–H groups in total. The Bertz CT molecular complexity index is 319. The van der Waals surface area contributed by atoms with E-state index in [0.29, 0.717) is 0 Å². The van der Waals surface area contributed by atoms with Crippen LogP contribution in [0.5, 0.6) is 5.88 Å². The van der Waals surface area contributed by atoms with Crippen molar-refractivity contribution in [3.8, 4) is 5.88 Å². The first-order valence-electron chi connectivity index (χ1n) is 3.24. The first-order valence-corrected chi connectivity index (χ1v) is 4.03. The second kappa shape index (κ2) is 3.95. The zero-order valence-electron chi connectivity index (χ0n) is 6.52. The topological polar surface area (TPSA) is 22.1 Å². The van der Waals surface area contributed by atoms with Gasteiger partial charge >= 0.3 is 0 Å². The minimum Gasteiger partial charge on any atom is -0.479 e. The van der Waals surface area contributed by atoms with Crippen LogP contribution in [-0.2, 0) is 0 Å². The number of hydrogen-bond donors (Lipinski definition) is 0. The minimum absolute atomic E-state index is 0.0687.